The van der Waals surface area contributed by atoms with Crippen molar-refractivity contribution in [3.63, 3.8) is 0 Å². The maximum Gasteiger partial charge on any atom is 0.287 e. The highest BCUT2D eigenvalue weighted by molar-refractivity contribution is 5.96. The Morgan fingerprint density at radius 3 is 2.65 bits per heavy atom. The number of benzene rings is 2. The van der Waals surface area contributed by atoms with Gasteiger partial charge in [0.1, 0.15) is 11.2 Å². The molecule has 0 radical (unpaired) electrons. The van der Waals surface area contributed by atoms with Crippen LogP contribution in [0.4, 0.5) is 0 Å². The summed E-state index contributed by atoms with van der Waals surface area (Å²) in [6, 6.07) is 16.7. The number of nitrogens with one attached hydrogen (secondary N) is 1. The summed E-state index contributed by atoms with van der Waals surface area (Å²) < 4.78 is 5.56. The summed E-state index contributed by atoms with van der Waals surface area (Å²) in [5.74, 6) is -0.0930. The number of hydrogen-bond acceptors (Lipinski definition) is 3. The zero-order valence-electron chi connectivity index (χ0n) is 13.2. The second kappa shape index (κ2) is 5.89. The van der Waals surface area contributed by atoms with E-state index in [1.165, 1.54) is 0 Å². The Bertz CT molecular complexity index is 834. The summed E-state index contributed by atoms with van der Waals surface area (Å²) in [5.41, 5.74) is 1.40. The van der Waals surface area contributed by atoms with Gasteiger partial charge in [-0.2, -0.15) is 0 Å². The zero-order valence-corrected chi connectivity index (χ0v) is 13.2. The van der Waals surface area contributed by atoms with Crippen LogP contribution in [0.25, 0.3) is 11.0 Å². The van der Waals surface area contributed by atoms with Crippen molar-refractivity contribution >= 4 is 16.9 Å². The van der Waals surface area contributed by atoms with E-state index in [1.54, 1.807) is 13.0 Å². The lowest BCUT2D eigenvalue weighted by Crippen LogP contribution is -2.38. The molecule has 0 aliphatic heterocycles. The number of amides is 1. The van der Waals surface area contributed by atoms with Crippen LogP contribution in [-0.2, 0) is 5.60 Å². The van der Waals surface area contributed by atoms with E-state index in [1.807, 2.05) is 55.5 Å². The molecule has 1 atom stereocenters. The van der Waals surface area contributed by atoms with E-state index in [9.17, 15) is 9.90 Å². The van der Waals surface area contributed by atoms with Gasteiger partial charge < -0.3 is 14.8 Å². The van der Waals surface area contributed by atoms with E-state index >= 15 is 0 Å². The summed E-state index contributed by atoms with van der Waals surface area (Å²) in [6.07, 6.45) is 0. The van der Waals surface area contributed by atoms with Gasteiger partial charge in [0.25, 0.3) is 5.91 Å². The number of furan rings is 1. The van der Waals surface area contributed by atoms with E-state index in [-0.39, 0.29) is 18.2 Å². The van der Waals surface area contributed by atoms with Crippen LogP contribution < -0.4 is 5.32 Å². The van der Waals surface area contributed by atoms with Gasteiger partial charge in [0.2, 0.25) is 0 Å². The molecule has 0 spiro atoms. The summed E-state index contributed by atoms with van der Waals surface area (Å²) >= 11 is 0. The molecule has 4 heteroatoms. The Labute approximate surface area is 134 Å². The van der Waals surface area contributed by atoms with Gasteiger partial charge in [-0.15, -0.1) is 0 Å². The first-order valence-corrected chi connectivity index (χ1v) is 7.52. The molecule has 23 heavy (non-hydrogen) atoms. The lowest BCUT2D eigenvalue weighted by Gasteiger charge is -2.23. The predicted molar refractivity (Wildman–Crippen MR) is 89.3 cm³/mol. The van der Waals surface area contributed by atoms with Gasteiger partial charge in [-0.25, -0.2) is 0 Å². The molecular formula is C19H19NO3. The number of carbonyl (C=O) groups excluding carboxylic acids is 1. The molecule has 0 saturated carbocycles. The third-order valence-corrected chi connectivity index (χ3v) is 3.88. The normalized spacial score (nSPS) is 13.7. The SMILES string of the molecule is Cc1ccc2oc(C(=O)NCC(C)(O)c3ccccc3)cc2c1. The van der Waals surface area contributed by atoms with Crippen molar-refractivity contribution in [3.8, 4) is 0 Å². The minimum Gasteiger partial charge on any atom is -0.451 e. The van der Waals surface area contributed by atoms with Gasteiger partial charge in [0, 0.05) is 5.39 Å². The first kappa shape index (κ1) is 15.3. The molecule has 4 nitrogen and oxygen atoms in total. The lowest BCUT2D eigenvalue weighted by molar-refractivity contribution is 0.0519. The Morgan fingerprint density at radius 2 is 1.91 bits per heavy atom. The van der Waals surface area contributed by atoms with Crippen LogP contribution in [0.3, 0.4) is 0 Å². The molecule has 0 aliphatic carbocycles. The van der Waals surface area contributed by atoms with Crippen molar-refractivity contribution in [1.29, 1.82) is 0 Å². The van der Waals surface area contributed by atoms with Gasteiger partial charge >= 0.3 is 0 Å². The summed E-state index contributed by atoms with van der Waals surface area (Å²) in [5, 5.41) is 14.1. The molecule has 118 valence electrons. The molecule has 1 amide bonds. The van der Waals surface area contributed by atoms with Crippen molar-refractivity contribution in [1.82, 2.24) is 5.32 Å². The fourth-order valence-corrected chi connectivity index (χ4v) is 2.51. The maximum atomic E-state index is 12.3. The maximum absolute atomic E-state index is 12.3. The smallest absolute Gasteiger partial charge is 0.287 e. The minimum atomic E-state index is -1.14. The third kappa shape index (κ3) is 3.27. The molecule has 0 bridgehead atoms. The number of aliphatic hydroxyl groups is 1. The summed E-state index contributed by atoms with van der Waals surface area (Å²) in [7, 11) is 0. The highest BCUT2D eigenvalue weighted by Gasteiger charge is 2.24. The topological polar surface area (TPSA) is 62.5 Å². The Balaban J connectivity index is 1.73. The van der Waals surface area contributed by atoms with Crippen molar-refractivity contribution < 1.29 is 14.3 Å². The van der Waals surface area contributed by atoms with Crippen molar-refractivity contribution in [2.45, 2.75) is 19.4 Å². The van der Waals surface area contributed by atoms with Crippen LogP contribution in [-0.4, -0.2) is 17.6 Å². The summed E-state index contributed by atoms with van der Waals surface area (Å²) in [6.45, 7) is 3.76. The van der Waals surface area contributed by atoms with Crippen LogP contribution >= 0.6 is 0 Å². The quantitative estimate of drug-likeness (QED) is 0.776. The first-order chi connectivity index (χ1) is 11.0. The molecule has 0 fully saturated rings. The van der Waals surface area contributed by atoms with Gasteiger partial charge in [-0.05, 0) is 37.6 Å². The van der Waals surface area contributed by atoms with E-state index in [2.05, 4.69) is 5.32 Å². The van der Waals surface area contributed by atoms with E-state index in [4.69, 9.17) is 4.42 Å². The molecule has 0 aliphatic rings. The predicted octanol–water partition coefficient (Wildman–Crippen LogP) is 3.38. The molecule has 2 N–H and O–H groups in total. The van der Waals surface area contributed by atoms with Crippen molar-refractivity contribution in [3.05, 3.63) is 71.5 Å². The average molecular weight is 309 g/mol. The zero-order chi connectivity index (χ0) is 16.4. The van der Waals surface area contributed by atoms with E-state index in [0.29, 0.717) is 5.58 Å². The first-order valence-electron chi connectivity index (χ1n) is 7.52. The largest absolute Gasteiger partial charge is 0.451 e. The van der Waals surface area contributed by atoms with Gasteiger partial charge in [-0.3, -0.25) is 4.79 Å². The Kier molecular flexibility index (Phi) is 3.92. The standard InChI is InChI=1S/C19H19NO3/c1-13-8-9-16-14(10-13)11-17(23-16)18(21)20-12-19(2,22)15-6-4-3-5-7-15/h3-11,22H,12H2,1-2H3,(H,20,21). The number of aryl methyl sites for hydroxylation is 1. The van der Waals surface area contributed by atoms with Crippen molar-refractivity contribution in [2.24, 2.45) is 0 Å². The Hall–Kier alpha value is -2.59. The van der Waals surface area contributed by atoms with Crippen molar-refractivity contribution in [2.75, 3.05) is 6.54 Å². The summed E-state index contributed by atoms with van der Waals surface area (Å²) in [4.78, 5) is 12.3. The highest BCUT2D eigenvalue weighted by Crippen LogP contribution is 2.22. The second-order valence-electron chi connectivity index (χ2n) is 5.97. The molecular weight excluding hydrogens is 290 g/mol. The van der Waals surface area contributed by atoms with Gasteiger partial charge in [0.05, 0.1) is 6.54 Å². The minimum absolute atomic E-state index is 0.103. The number of fused-ring (bicyclic) bond motifs is 1. The molecule has 3 aromatic rings. The number of rotatable bonds is 4. The molecule has 1 unspecified atom stereocenters. The molecule has 3 rings (SSSR count). The third-order valence-electron chi connectivity index (χ3n) is 3.88. The lowest BCUT2D eigenvalue weighted by atomic mass is 9.96. The monoisotopic (exact) mass is 309 g/mol. The second-order valence-corrected chi connectivity index (χ2v) is 5.97. The molecule has 1 heterocycles. The Morgan fingerprint density at radius 1 is 1.17 bits per heavy atom. The van der Waals surface area contributed by atoms with Crippen LogP contribution in [0, 0.1) is 6.92 Å². The number of hydrogen-bond donors (Lipinski definition) is 2. The molecule has 2 aromatic carbocycles. The van der Waals surface area contributed by atoms with Gasteiger partial charge in [0.15, 0.2) is 5.76 Å². The van der Waals surface area contributed by atoms with Crippen LogP contribution in [0.1, 0.15) is 28.6 Å². The number of carbonyl (C=O) groups is 1. The molecule has 0 saturated heterocycles. The van der Waals surface area contributed by atoms with E-state index in [0.717, 1.165) is 16.5 Å². The average Bonchev–Trinajstić information content (AvgIpc) is 2.96. The van der Waals surface area contributed by atoms with Crippen LogP contribution in [0.2, 0.25) is 0 Å². The fourth-order valence-electron chi connectivity index (χ4n) is 2.51. The van der Waals surface area contributed by atoms with Crippen LogP contribution in [0.5, 0.6) is 0 Å². The van der Waals surface area contributed by atoms with Crippen LogP contribution in [0.15, 0.2) is 59.0 Å². The highest BCUT2D eigenvalue weighted by atomic mass is 16.3. The fraction of sp³-hybridized carbons (Fsp3) is 0.211. The molecule has 1 aromatic heterocycles. The van der Waals surface area contributed by atoms with Gasteiger partial charge in [-0.1, -0.05) is 42.0 Å². The van der Waals surface area contributed by atoms with E-state index < -0.39 is 5.60 Å².